The van der Waals surface area contributed by atoms with E-state index in [1.165, 1.54) is 15.9 Å². The van der Waals surface area contributed by atoms with Gasteiger partial charge in [0.1, 0.15) is 4.83 Å². The normalized spacial score (nSPS) is 18.2. The maximum absolute atomic E-state index is 12.2. The van der Waals surface area contributed by atoms with Crippen molar-refractivity contribution in [3.8, 4) is 0 Å². The molecule has 0 saturated carbocycles. The van der Waals surface area contributed by atoms with Crippen LogP contribution in [0.2, 0.25) is 0 Å². The standard InChI is InChI=1S/C11H10N2O3S2/c1-13-9(14)7-6-4(10(15)16)2-3-5(6)18-8(7)12-11(13)17/h4H,2-3H2,1H3,(H,12,17)(H,15,16)/p-1. The van der Waals surface area contributed by atoms with Crippen molar-refractivity contribution in [3.05, 3.63) is 25.6 Å². The van der Waals surface area contributed by atoms with Gasteiger partial charge in [-0.25, -0.2) is 0 Å². The number of thiophene rings is 1. The number of H-pyrrole nitrogens is 1. The summed E-state index contributed by atoms with van der Waals surface area (Å²) in [6.07, 6.45) is 1.19. The summed E-state index contributed by atoms with van der Waals surface area (Å²) >= 11 is 6.46. The van der Waals surface area contributed by atoms with Gasteiger partial charge < -0.3 is 14.9 Å². The van der Waals surface area contributed by atoms with E-state index in [-0.39, 0.29) is 5.56 Å². The summed E-state index contributed by atoms with van der Waals surface area (Å²) in [5.41, 5.74) is 0.390. The lowest BCUT2D eigenvalue weighted by atomic mass is 10.0. The van der Waals surface area contributed by atoms with Crippen molar-refractivity contribution in [2.75, 3.05) is 0 Å². The van der Waals surface area contributed by atoms with Crippen LogP contribution in [0.3, 0.4) is 0 Å². The molecular formula is C11H9N2O3S2-. The minimum atomic E-state index is -1.11. The van der Waals surface area contributed by atoms with E-state index in [4.69, 9.17) is 12.2 Å². The van der Waals surface area contributed by atoms with Crippen molar-refractivity contribution in [1.29, 1.82) is 0 Å². The minimum Gasteiger partial charge on any atom is -0.549 e. The molecule has 0 radical (unpaired) electrons. The Hall–Kier alpha value is -1.47. The van der Waals surface area contributed by atoms with Crippen LogP contribution in [0.5, 0.6) is 0 Å². The molecule has 1 aliphatic carbocycles. The summed E-state index contributed by atoms with van der Waals surface area (Å²) in [5, 5.41) is 11.6. The summed E-state index contributed by atoms with van der Waals surface area (Å²) in [4.78, 5) is 27.9. The fraction of sp³-hybridized carbons (Fsp3) is 0.364. The first-order chi connectivity index (χ1) is 8.50. The number of carboxylic acids is 1. The molecule has 0 bridgehead atoms. The van der Waals surface area contributed by atoms with E-state index in [0.717, 1.165) is 4.88 Å². The van der Waals surface area contributed by atoms with E-state index in [0.29, 0.717) is 33.4 Å². The predicted molar refractivity (Wildman–Crippen MR) is 68.3 cm³/mol. The molecule has 5 nitrogen and oxygen atoms in total. The zero-order chi connectivity index (χ0) is 13.0. The summed E-state index contributed by atoms with van der Waals surface area (Å²) in [5.74, 6) is -1.79. The SMILES string of the molecule is Cn1c(=S)[nH]c2sc3c(c2c1=O)C(C(=O)[O-])CC3. The van der Waals surface area contributed by atoms with Crippen LogP contribution >= 0.6 is 23.6 Å². The topological polar surface area (TPSA) is 77.9 Å². The van der Waals surface area contributed by atoms with Gasteiger partial charge >= 0.3 is 0 Å². The molecule has 1 aliphatic rings. The molecule has 94 valence electrons. The molecule has 3 rings (SSSR count). The number of aliphatic carboxylic acids is 1. The highest BCUT2D eigenvalue weighted by Gasteiger charge is 2.30. The number of aromatic nitrogens is 2. The second kappa shape index (κ2) is 3.76. The van der Waals surface area contributed by atoms with Crippen LogP contribution in [-0.4, -0.2) is 15.5 Å². The van der Waals surface area contributed by atoms with Crippen LogP contribution in [0.25, 0.3) is 10.2 Å². The molecule has 18 heavy (non-hydrogen) atoms. The number of carbonyl (C=O) groups excluding carboxylic acids is 1. The van der Waals surface area contributed by atoms with E-state index in [9.17, 15) is 14.7 Å². The highest BCUT2D eigenvalue weighted by molar-refractivity contribution is 7.71. The number of aryl methyl sites for hydroxylation is 1. The molecule has 0 amide bonds. The lowest BCUT2D eigenvalue weighted by Gasteiger charge is -2.11. The van der Waals surface area contributed by atoms with E-state index >= 15 is 0 Å². The molecule has 1 N–H and O–H groups in total. The van der Waals surface area contributed by atoms with Gasteiger partial charge in [0.05, 0.1) is 5.39 Å². The number of carbonyl (C=O) groups is 1. The third-order valence-corrected chi connectivity index (χ3v) is 4.92. The second-order valence-corrected chi connectivity index (χ2v) is 5.84. The number of hydrogen-bond acceptors (Lipinski definition) is 5. The molecule has 0 aliphatic heterocycles. The number of hydrogen-bond donors (Lipinski definition) is 1. The summed E-state index contributed by atoms with van der Waals surface area (Å²) in [6.45, 7) is 0. The second-order valence-electron chi connectivity index (χ2n) is 4.35. The zero-order valence-corrected chi connectivity index (χ0v) is 11.1. The number of nitrogens with zero attached hydrogens (tertiary/aromatic N) is 1. The van der Waals surface area contributed by atoms with Crippen LogP contribution in [0.15, 0.2) is 4.79 Å². The van der Waals surface area contributed by atoms with Gasteiger partial charge in [-0.1, -0.05) is 0 Å². The first-order valence-corrected chi connectivity index (χ1v) is 6.68. The molecule has 2 aromatic heterocycles. The van der Waals surface area contributed by atoms with E-state index in [1.54, 1.807) is 7.05 Å². The van der Waals surface area contributed by atoms with Crippen molar-refractivity contribution >= 4 is 39.7 Å². The van der Waals surface area contributed by atoms with Crippen molar-refractivity contribution in [3.63, 3.8) is 0 Å². The zero-order valence-electron chi connectivity index (χ0n) is 9.48. The molecule has 0 aromatic carbocycles. The van der Waals surface area contributed by atoms with Gasteiger partial charge in [0.25, 0.3) is 5.56 Å². The Morgan fingerprint density at radius 2 is 2.33 bits per heavy atom. The monoisotopic (exact) mass is 281 g/mol. The average molecular weight is 281 g/mol. The minimum absolute atomic E-state index is 0.237. The Balaban J connectivity index is 2.45. The van der Waals surface area contributed by atoms with Crippen LogP contribution in [0.4, 0.5) is 0 Å². The smallest absolute Gasteiger partial charge is 0.263 e. The van der Waals surface area contributed by atoms with Gasteiger partial charge in [-0.15, -0.1) is 11.3 Å². The third kappa shape index (κ3) is 1.40. The number of rotatable bonds is 1. The first kappa shape index (κ1) is 11.6. The highest BCUT2D eigenvalue weighted by Crippen LogP contribution is 2.41. The van der Waals surface area contributed by atoms with Gasteiger partial charge in [0, 0.05) is 23.8 Å². The summed E-state index contributed by atoms with van der Waals surface area (Å²) in [6, 6.07) is 0. The maximum Gasteiger partial charge on any atom is 0.263 e. The Morgan fingerprint density at radius 3 is 3.00 bits per heavy atom. The molecule has 0 spiro atoms. The maximum atomic E-state index is 12.2. The Morgan fingerprint density at radius 1 is 1.61 bits per heavy atom. The molecule has 7 heteroatoms. The van der Waals surface area contributed by atoms with Gasteiger partial charge in [-0.2, -0.15) is 0 Å². The molecular weight excluding hydrogens is 272 g/mol. The van der Waals surface area contributed by atoms with Crippen LogP contribution in [0.1, 0.15) is 22.8 Å². The lowest BCUT2D eigenvalue weighted by Crippen LogP contribution is -2.29. The van der Waals surface area contributed by atoms with Crippen molar-refractivity contribution < 1.29 is 9.90 Å². The number of aromatic amines is 1. The molecule has 2 heterocycles. The highest BCUT2D eigenvalue weighted by atomic mass is 32.1. The molecule has 1 unspecified atom stereocenters. The summed E-state index contributed by atoms with van der Waals surface area (Å²) in [7, 11) is 1.58. The third-order valence-electron chi connectivity index (χ3n) is 3.36. The van der Waals surface area contributed by atoms with E-state index in [2.05, 4.69) is 4.98 Å². The Bertz CT molecular complexity index is 784. The Labute approximate surface area is 111 Å². The molecule has 2 aromatic rings. The number of carboxylic acid groups (broad SMARTS) is 1. The fourth-order valence-electron chi connectivity index (χ4n) is 2.44. The van der Waals surface area contributed by atoms with Crippen molar-refractivity contribution in [2.24, 2.45) is 7.05 Å². The van der Waals surface area contributed by atoms with Crippen molar-refractivity contribution in [2.45, 2.75) is 18.8 Å². The van der Waals surface area contributed by atoms with E-state index in [1.807, 2.05) is 0 Å². The predicted octanol–water partition coefficient (Wildman–Crippen LogP) is 0.437. The van der Waals surface area contributed by atoms with Gasteiger partial charge in [0.2, 0.25) is 0 Å². The first-order valence-electron chi connectivity index (χ1n) is 5.46. The van der Waals surface area contributed by atoms with Gasteiger partial charge in [-0.3, -0.25) is 9.36 Å². The largest absolute Gasteiger partial charge is 0.549 e. The van der Waals surface area contributed by atoms with E-state index < -0.39 is 11.9 Å². The number of fused-ring (bicyclic) bond motifs is 3. The summed E-state index contributed by atoms with van der Waals surface area (Å²) < 4.78 is 1.67. The van der Waals surface area contributed by atoms with Crippen LogP contribution < -0.4 is 10.7 Å². The van der Waals surface area contributed by atoms with Crippen LogP contribution in [0, 0.1) is 4.77 Å². The quantitative estimate of drug-likeness (QED) is 0.769. The lowest BCUT2D eigenvalue weighted by molar-refractivity contribution is -0.307. The van der Waals surface area contributed by atoms with Gasteiger partial charge in [-0.05, 0) is 30.6 Å². The van der Waals surface area contributed by atoms with Gasteiger partial charge in [0.15, 0.2) is 4.77 Å². The fourth-order valence-corrected chi connectivity index (χ4v) is 3.96. The molecule has 0 saturated heterocycles. The molecule has 1 atom stereocenters. The Kier molecular flexibility index (Phi) is 2.43. The number of nitrogens with one attached hydrogen (secondary N) is 1. The van der Waals surface area contributed by atoms with Crippen LogP contribution in [-0.2, 0) is 18.3 Å². The van der Waals surface area contributed by atoms with Crippen molar-refractivity contribution in [1.82, 2.24) is 9.55 Å². The average Bonchev–Trinajstić information content (AvgIpc) is 2.83. The molecule has 0 fully saturated rings.